The number of hydrogen-bond acceptors (Lipinski definition) is 4. The van der Waals surface area contributed by atoms with Crippen LogP contribution in [0.4, 0.5) is 5.69 Å². The van der Waals surface area contributed by atoms with Gasteiger partial charge in [0.1, 0.15) is 5.75 Å². The van der Waals surface area contributed by atoms with Crippen molar-refractivity contribution in [1.82, 2.24) is 10.2 Å². The molecule has 1 fully saturated rings. The maximum atomic E-state index is 5.21. The molecule has 118 valence electrons. The van der Waals surface area contributed by atoms with Gasteiger partial charge in [-0.1, -0.05) is 6.92 Å². The molecule has 0 saturated carbocycles. The third-order valence-corrected chi connectivity index (χ3v) is 4.34. The molecule has 1 heterocycles. The molecular formula is C17H29N3O. The van der Waals surface area contributed by atoms with E-state index in [1.54, 1.807) is 7.11 Å². The molecule has 0 aliphatic carbocycles. The zero-order valence-corrected chi connectivity index (χ0v) is 13.6. The van der Waals surface area contributed by atoms with Crippen LogP contribution < -0.4 is 15.0 Å². The molecule has 1 atom stereocenters. The van der Waals surface area contributed by atoms with E-state index in [2.05, 4.69) is 41.1 Å². The lowest BCUT2D eigenvalue weighted by molar-refractivity contribution is 0.254. The summed E-state index contributed by atoms with van der Waals surface area (Å²) in [4.78, 5) is 5.01. The van der Waals surface area contributed by atoms with Gasteiger partial charge in [0.05, 0.1) is 7.11 Å². The molecule has 0 amide bonds. The minimum Gasteiger partial charge on any atom is -0.497 e. The van der Waals surface area contributed by atoms with Crippen LogP contribution in [0.25, 0.3) is 0 Å². The van der Waals surface area contributed by atoms with Gasteiger partial charge in [0.25, 0.3) is 0 Å². The second-order valence-electron chi connectivity index (χ2n) is 5.79. The van der Waals surface area contributed by atoms with Crippen molar-refractivity contribution in [1.29, 1.82) is 0 Å². The summed E-state index contributed by atoms with van der Waals surface area (Å²) in [6.07, 6.45) is 1.20. The van der Waals surface area contributed by atoms with Gasteiger partial charge in [-0.05, 0) is 37.6 Å². The van der Waals surface area contributed by atoms with Crippen molar-refractivity contribution in [3.8, 4) is 5.75 Å². The number of nitrogens with one attached hydrogen (secondary N) is 1. The Labute approximate surface area is 129 Å². The zero-order chi connectivity index (χ0) is 15.1. The largest absolute Gasteiger partial charge is 0.497 e. The highest BCUT2D eigenvalue weighted by Gasteiger charge is 2.16. The van der Waals surface area contributed by atoms with Crippen molar-refractivity contribution in [3.05, 3.63) is 24.3 Å². The molecule has 0 bridgehead atoms. The molecule has 0 spiro atoms. The van der Waals surface area contributed by atoms with Crippen molar-refractivity contribution in [3.63, 3.8) is 0 Å². The number of ether oxygens (including phenoxy) is 1. The number of hydrogen-bond donors (Lipinski definition) is 1. The van der Waals surface area contributed by atoms with Crippen molar-refractivity contribution in [2.24, 2.45) is 0 Å². The lowest BCUT2D eigenvalue weighted by Crippen LogP contribution is -2.48. The SMILES string of the molecule is CCC(C)NCCN1CCN(c2ccc(OC)cc2)CC1. The molecule has 0 aromatic heterocycles. The molecule has 1 aromatic rings. The van der Waals surface area contributed by atoms with Crippen LogP contribution in [0.1, 0.15) is 20.3 Å². The van der Waals surface area contributed by atoms with Crippen molar-refractivity contribution in [2.45, 2.75) is 26.3 Å². The Bertz CT molecular complexity index is 399. The zero-order valence-electron chi connectivity index (χ0n) is 13.6. The van der Waals surface area contributed by atoms with Gasteiger partial charge in [0.2, 0.25) is 0 Å². The maximum Gasteiger partial charge on any atom is 0.119 e. The number of nitrogens with zero attached hydrogens (tertiary/aromatic N) is 2. The van der Waals surface area contributed by atoms with E-state index in [-0.39, 0.29) is 0 Å². The summed E-state index contributed by atoms with van der Waals surface area (Å²) >= 11 is 0. The number of rotatable bonds is 7. The van der Waals surface area contributed by atoms with Gasteiger partial charge in [0, 0.05) is 51.0 Å². The van der Waals surface area contributed by atoms with E-state index >= 15 is 0 Å². The number of benzene rings is 1. The predicted octanol–water partition coefficient (Wildman–Crippen LogP) is 2.21. The van der Waals surface area contributed by atoms with Gasteiger partial charge in [-0.2, -0.15) is 0 Å². The summed E-state index contributed by atoms with van der Waals surface area (Å²) < 4.78 is 5.21. The molecule has 1 saturated heterocycles. The van der Waals surface area contributed by atoms with Gasteiger partial charge in [-0.15, -0.1) is 0 Å². The summed E-state index contributed by atoms with van der Waals surface area (Å²) in [5.41, 5.74) is 1.30. The first-order valence-corrected chi connectivity index (χ1v) is 8.07. The van der Waals surface area contributed by atoms with E-state index in [1.807, 2.05) is 12.1 Å². The van der Waals surface area contributed by atoms with Crippen LogP contribution in [0, 0.1) is 0 Å². The van der Waals surface area contributed by atoms with E-state index in [1.165, 1.54) is 12.1 Å². The predicted molar refractivity (Wildman–Crippen MR) is 89.4 cm³/mol. The molecule has 4 heteroatoms. The van der Waals surface area contributed by atoms with Crippen LogP contribution in [-0.4, -0.2) is 57.3 Å². The van der Waals surface area contributed by atoms with Gasteiger partial charge in [-0.25, -0.2) is 0 Å². The van der Waals surface area contributed by atoms with Crippen LogP contribution in [0.2, 0.25) is 0 Å². The summed E-state index contributed by atoms with van der Waals surface area (Å²) in [7, 11) is 1.71. The number of anilines is 1. The third kappa shape index (κ3) is 4.90. The Hall–Kier alpha value is -1.26. The van der Waals surface area contributed by atoms with Crippen LogP contribution >= 0.6 is 0 Å². The van der Waals surface area contributed by atoms with Crippen molar-refractivity contribution >= 4 is 5.69 Å². The molecular weight excluding hydrogens is 262 g/mol. The third-order valence-electron chi connectivity index (χ3n) is 4.34. The molecule has 1 aliphatic rings. The fourth-order valence-corrected chi connectivity index (χ4v) is 2.64. The van der Waals surface area contributed by atoms with Crippen LogP contribution in [-0.2, 0) is 0 Å². The second-order valence-corrected chi connectivity index (χ2v) is 5.79. The quantitative estimate of drug-likeness (QED) is 0.833. The van der Waals surface area contributed by atoms with E-state index < -0.39 is 0 Å². The summed E-state index contributed by atoms with van der Waals surface area (Å²) in [5.74, 6) is 0.925. The van der Waals surface area contributed by atoms with E-state index in [0.29, 0.717) is 6.04 Å². The molecule has 4 nitrogen and oxygen atoms in total. The highest BCUT2D eigenvalue weighted by molar-refractivity contribution is 5.49. The fourth-order valence-electron chi connectivity index (χ4n) is 2.64. The first-order chi connectivity index (χ1) is 10.2. The Morgan fingerprint density at radius 3 is 2.38 bits per heavy atom. The summed E-state index contributed by atoms with van der Waals surface area (Å²) in [5, 5.41) is 3.57. The average Bonchev–Trinajstić information content (AvgIpc) is 2.55. The monoisotopic (exact) mass is 291 g/mol. The Morgan fingerprint density at radius 1 is 1.14 bits per heavy atom. The number of piperazine rings is 1. The standard InChI is InChI=1S/C17H29N3O/c1-4-15(2)18-9-10-19-11-13-20(14-12-19)16-5-7-17(21-3)8-6-16/h5-8,15,18H,4,9-14H2,1-3H3. The molecule has 1 unspecified atom stereocenters. The van der Waals surface area contributed by atoms with Gasteiger partial charge >= 0.3 is 0 Å². The van der Waals surface area contributed by atoms with Gasteiger partial charge in [0.15, 0.2) is 0 Å². The van der Waals surface area contributed by atoms with Crippen molar-refractivity contribution in [2.75, 3.05) is 51.3 Å². The van der Waals surface area contributed by atoms with Crippen LogP contribution in [0.3, 0.4) is 0 Å². The average molecular weight is 291 g/mol. The van der Waals surface area contributed by atoms with Crippen molar-refractivity contribution < 1.29 is 4.74 Å². The maximum absolute atomic E-state index is 5.21. The smallest absolute Gasteiger partial charge is 0.119 e. The second kappa shape index (κ2) is 8.25. The normalized spacial score (nSPS) is 17.8. The topological polar surface area (TPSA) is 27.7 Å². The summed E-state index contributed by atoms with van der Waals surface area (Å²) in [6, 6.07) is 9.01. The lowest BCUT2D eigenvalue weighted by Gasteiger charge is -2.36. The van der Waals surface area contributed by atoms with Gasteiger partial charge < -0.3 is 15.0 Å². The van der Waals surface area contributed by atoms with E-state index in [4.69, 9.17) is 4.74 Å². The van der Waals surface area contributed by atoms with Crippen LogP contribution in [0.5, 0.6) is 5.75 Å². The minimum absolute atomic E-state index is 0.630. The van der Waals surface area contributed by atoms with E-state index in [9.17, 15) is 0 Å². The Morgan fingerprint density at radius 2 is 1.81 bits per heavy atom. The lowest BCUT2D eigenvalue weighted by atomic mass is 10.2. The van der Waals surface area contributed by atoms with E-state index in [0.717, 1.165) is 45.0 Å². The molecule has 21 heavy (non-hydrogen) atoms. The molecule has 0 radical (unpaired) electrons. The highest BCUT2D eigenvalue weighted by Crippen LogP contribution is 2.20. The first kappa shape index (κ1) is 16.1. The molecule has 1 aliphatic heterocycles. The fraction of sp³-hybridized carbons (Fsp3) is 0.647. The summed E-state index contributed by atoms with van der Waals surface area (Å²) in [6.45, 7) is 11.2. The highest BCUT2D eigenvalue weighted by atomic mass is 16.5. The minimum atomic E-state index is 0.630. The first-order valence-electron chi connectivity index (χ1n) is 8.07. The van der Waals surface area contributed by atoms with Crippen LogP contribution in [0.15, 0.2) is 24.3 Å². The Kier molecular flexibility index (Phi) is 6.33. The molecule has 1 aromatic carbocycles. The molecule has 2 rings (SSSR count). The number of methoxy groups -OCH3 is 1. The Balaban J connectivity index is 1.72. The van der Waals surface area contributed by atoms with Gasteiger partial charge in [-0.3, -0.25) is 4.90 Å². The molecule has 1 N–H and O–H groups in total.